The van der Waals surface area contributed by atoms with E-state index in [2.05, 4.69) is 11.8 Å². The molecule has 5 heteroatoms. The molecule has 0 aromatic carbocycles. The molecule has 0 amide bonds. The second-order valence-electron chi connectivity index (χ2n) is 9.21. The fraction of sp³-hybridized carbons (Fsp3) is 0.926. The zero-order valence-corrected chi connectivity index (χ0v) is 21.3. The lowest BCUT2D eigenvalue weighted by atomic mass is 10.1. The zero-order chi connectivity index (χ0) is 23.5. The molecule has 0 bridgehead atoms. The van der Waals surface area contributed by atoms with E-state index in [0.29, 0.717) is 19.4 Å². The third-order valence-corrected chi connectivity index (χ3v) is 6.11. The van der Waals surface area contributed by atoms with Gasteiger partial charge in [-0.3, -0.25) is 4.79 Å². The lowest BCUT2D eigenvalue weighted by Crippen LogP contribution is -2.31. The summed E-state index contributed by atoms with van der Waals surface area (Å²) < 4.78 is 5.36. The molecule has 5 nitrogen and oxygen atoms in total. The summed E-state index contributed by atoms with van der Waals surface area (Å²) in [6.45, 7) is 6.80. The first-order valence-electron chi connectivity index (χ1n) is 13.8. The molecule has 0 rings (SSSR count). The summed E-state index contributed by atoms with van der Waals surface area (Å²) >= 11 is 0. The monoisotopic (exact) mass is 454 g/mol. The Hall–Kier alpha value is -0.940. The third-order valence-electron chi connectivity index (χ3n) is 6.11. The van der Waals surface area contributed by atoms with E-state index in [4.69, 9.17) is 10.5 Å². The van der Waals surface area contributed by atoms with Crippen LogP contribution in [0.5, 0.6) is 0 Å². The summed E-state index contributed by atoms with van der Waals surface area (Å²) in [5.74, 6) is -0.0173. The fourth-order valence-corrected chi connectivity index (χ4v) is 4.06. The number of nitrogens with two attached hydrogens (primary N) is 1. The van der Waals surface area contributed by atoms with Gasteiger partial charge in [0.25, 0.3) is 0 Å². The van der Waals surface area contributed by atoms with Crippen molar-refractivity contribution in [1.82, 2.24) is 4.90 Å². The number of esters is 1. The minimum absolute atomic E-state index is 0.0173. The molecule has 0 aliphatic carbocycles. The number of carbonyl (C=O) groups excluding carboxylic acids is 2. The van der Waals surface area contributed by atoms with Crippen LogP contribution in [0.2, 0.25) is 0 Å². The van der Waals surface area contributed by atoms with E-state index in [9.17, 15) is 9.59 Å². The van der Waals surface area contributed by atoms with Crippen molar-refractivity contribution >= 4 is 12.3 Å². The van der Waals surface area contributed by atoms with Crippen molar-refractivity contribution in [2.45, 2.75) is 129 Å². The molecule has 32 heavy (non-hydrogen) atoms. The molecule has 0 saturated carbocycles. The van der Waals surface area contributed by atoms with Crippen molar-refractivity contribution in [3.05, 3.63) is 0 Å². The van der Waals surface area contributed by atoms with Gasteiger partial charge in [0.1, 0.15) is 6.29 Å². The Balaban J connectivity index is 3.48. The van der Waals surface area contributed by atoms with E-state index in [1.165, 1.54) is 83.5 Å². The Kier molecular flexibility index (Phi) is 25.5. The SMILES string of the molecule is CCCCCCCCCOC(=O)CCCCCCCN(CCN)CCCCCCCC=O. The standard InChI is InChI=1S/C27H54N2O3/c1-2-3-4-5-8-14-19-26-32-27(31)20-15-10-9-12-17-23-29(24-21-28)22-16-11-6-7-13-18-25-30/h25H,2-24,26,28H2,1H3. The van der Waals surface area contributed by atoms with Gasteiger partial charge in [-0.25, -0.2) is 0 Å². The van der Waals surface area contributed by atoms with Gasteiger partial charge in [0.15, 0.2) is 0 Å². The molecule has 0 aromatic heterocycles. The minimum atomic E-state index is -0.0173. The highest BCUT2D eigenvalue weighted by atomic mass is 16.5. The molecule has 0 spiro atoms. The van der Waals surface area contributed by atoms with Crippen LogP contribution in [-0.2, 0) is 14.3 Å². The van der Waals surface area contributed by atoms with E-state index in [-0.39, 0.29) is 5.97 Å². The predicted octanol–water partition coefficient (Wildman–Crippen LogP) is 6.42. The fourth-order valence-electron chi connectivity index (χ4n) is 4.06. The second-order valence-corrected chi connectivity index (χ2v) is 9.21. The Labute approximate surface area is 199 Å². The summed E-state index contributed by atoms with van der Waals surface area (Å²) in [7, 11) is 0. The average Bonchev–Trinajstić information content (AvgIpc) is 2.79. The van der Waals surface area contributed by atoms with Gasteiger partial charge in [0, 0.05) is 25.9 Å². The summed E-state index contributed by atoms with van der Waals surface area (Å²) in [4.78, 5) is 24.6. The van der Waals surface area contributed by atoms with Gasteiger partial charge >= 0.3 is 5.97 Å². The third kappa shape index (κ3) is 23.7. The van der Waals surface area contributed by atoms with Gasteiger partial charge in [-0.05, 0) is 45.2 Å². The minimum Gasteiger partial charge on any atom is -0.466 e. The van der Waals surface area contributed by atoms with Gasteiger partial charge in [0.05, 0.1) is 6.61 Å². The Morgan fingerprint density at radius 1 is 0.719 bits per heavy atom. The van der Waals surface area contributed by atoms with Crippen LogP contribution in [0.15, 0.2) is 0 Å². The molecular formula is C27H54N2O3. The summed E-state index contributed by atoms with van der Waals surface area (Å²) in [6.07, 6.45) is 22.6. The zero-order valence-electron chi connectivity index (χ0n) is 21.3. The molecule has 0 fully saturated rings. The molecule has 0 unspecified atom stereocenters. The summed E-state index contributed by atoms with van der Waals surface area (Å²) in [5.41, 5.74) is 5.77. The molecule has 0 aromatic rings. The van der Waals surface area contributed by atoms with Crippen LogP contribution in [-0.4, -0.2) is 49.9 Å². The molecule has 0 atom stereocenters. The number of ether oxygens (including phenoxy) is 1. The van der Waals surface area contributed by atoms with Crippen LogP contribution < -0.4 is 5.73 Å². The first-order chi connectivity index (χ1) is 15.7. The predicted molar refractivity (Wildman–Crippen MR) is 136 cm³/mol. The van der Waals surface area contributed by atoms with Gasteiger partial charge in [-0.15, -0.1) is 0 Å². The van der Waals surface area contributed by atoms with Gasteiger partial charge in [0.2, 0.25) is 0 Å². The van der Waals surface area contributed by atoms with Crippen LogP contribution in [0.25, 0.3) is 0 Å². The number of rotatable bonds is 26. The number of hydrogen-bond acceptors (Lipinski definition) is 5. The van der Waals surface area contributed by atoms with Crippen molar-refractivity contribution in [3.8, 4) is 0 Å². The van der Waals surface area contributed by atoms with Crippen molar-refractivity contribution in [3.63, 3.8) is 0 Å². The first-order valence-corrected chi connectivity index (χ1v) is 13.8. The number of hydrogen-bond donors (Lipinski definition) is 1. The number of aldehydes is 1. The average molecular weight is 455 g/mol. The molecule has 2 N–H and O–H groups in total. The summed E-state index contributed by atoms with van der Waals surface area (Å²) in [5, 5.41) is 0. The van der Waals surface area contributed by atoms with Crippen LogP contribution in [0.3, 0.4) is 0 Å². The molecule has 0 aliphatic rings. The number of nitrogens with zero attached hydrogens (tertiary/aromatic N) is 1. The topological polar surface area (TPSA) is 72.6 Å². The van der Waals surface area contributed by atoms with Gasteiger partial charge in [-0.1, -0.05) is 84.0 Å². The highest BCUT2D eigenvalue weighted by molar-refractivity contribution is 5.69. The molecule has 0 radical (unpaired) electrons. The maximum absolute atomic E-state index is 11.8. The summed E-state index contributed by atoms with van der Waals surface area (Å²) in [6, 6.07) is 0. The van der Waals surface area contributed by atoms with Crippen LogP contribution in [0.1, 0.15) is 129 Å². The largest absolute Gasteiger partial charge is 0.466 e. The van der Waals surface area contributed by atoms with Crippen LogP contribution in [0.4, 0.5) is 0 Å². The Bertz CT molecular complexity index is 404. The van der Waals surface area contributed by atoms with E-state index in [1.54, 1.807) is 0 Å². The van der Waals surface area contributed by atoms with E-state index in [0.717, 1.165) is 58.1 Å². The maximum atomic E-state index is 11.8. The van der Waals surface area contributed by atoms with E-state index in [1.807, 2.05) is 0 Å². The lowest BCUT2D eigenvalue weighted by Gasteiger charge is -2.21. The first kappa shape index (κ1) is 31.1. The second kappa shape index (κ2) is 26.3. The number of unbranched alkanes of at least 4 members (excludes halogenated alkanes) is 15. The van der Waals surface area contributed by atoms with Crippen LogP contribution in [0, 0.1) is 0 Å². The number of carbonyl (C=O) groups is 2. The smallest absolute Gasteiger partial charge is 0.305 e. The van der Waals surface area contributed by atoms with Gasteiger partial charge in [-0.2, -0.15) is 0 Å². The molecule has 0 aliphatic heterocycles. The van der Waals surface area contributed by atoms with Crippen molar-refractivity contribution in [2.75, 3.05) is 32.8 Å². The van der Waals surface area contributed by atoms with Crippen molar-refractivity contribution < 1.29 is 14.3 Å². The molecule has 0 heterocycles. The highest BCUT2D eigenvalue weighted by Gasteiger charge is 2.05. The molecule has 190 valence electrons. The van der Waals surface area contributed by atoms with Gasteiger partial charge < -0.3 is 20.2 Å². The molecule has 0 saturated heterocycles. The highest BCUT2D eigenvalue weighted by Crippen LogP contribution is 2.10. The van der Waals surface area contributed by atoms with Crippen LogP contribution >= 0.6 is 0 Å². The lowest BCUT2D eigenvalue weighted by molar-refractivity contribution is -0.143. The molecular weight excluding hydrogens is 400 g/mol. The van der Waals surface area contributed by atoms with Crippen molar-refractivity contribution in [2.24, 2.45) is 5.73 Å². The maximum Gasteiger partial charge on any atom is 0.305 e. The normalized spacial score (nSPS) is 11.2. The van der Waals surface area contributed by atoms with E-state index < -0.39 is 0 Å². The Morgan fingerprint density at radius 2 is 1.25 bits per heavy atom. The Morgan fingerprint density at radius 3 is 1.84 bits per heavy atom. The quantitative estimate of drug-likeness (QED) is 0.0927. The van der Waals surface area contributed by atoms with E-state index >= 15 is 0 Å². The van der Waals surface area contributed by atoms with Crippen molar-refractivity contribution in [1.29, 1.82) is 0 Å².